The molecular weight excluding hydrogens is 230 g/mol. The van der Waals surface area contributed by atoms with Gasteiger partial charge in [-0.05, 0) is 23.3 Å². The second-order valence-corrected chi connectivity index (χ2v) is 3.77. The topological polar surface area (TPSA) is 52.4 Å². The van der Waals surface area contributed by atoms with E-state index in [0.717, 1.165) is 16.9 Å². The van der Waals surface area contributed by atoms with Gasteiger partial charge in [0.1, 0.15) is 5.75 Å². The number of nitro benzene ring substituents is 1. The molecule has 2 rings (SSSR count). The minimum atomic E-state index is -0.406. The molecule has 1 radical (unpaired) electrons. The highest BCUT2D eigenvalue weighted by Crippen LogP contribution is 2.18. The van der Waals surface area contributed by atoms with Gasteiger partial charge in [-0.25, -0.2) is 0 Å². The van der Waals surface area contributed by atoms with Gasteiger partial charge in [-0.2, -0.15) is 0 Å². The van der Waals surface area contributed by atoms with Crippen LogP contribution in [-0.2, 0) is 0 Å². The van der Waals surface area contributed by atoms with E-state index in [1.807, 2.05) is 30.7 Å². The van der Waals surface area contributed by atoms with E-state index in [9.17, 15) is 10.1 Å². The zero-order valence-corrected chi connectivity index (χ0v) is 9.87. The zero-order chi connectivity index (χ0) is 13.0. The molecule has 0 heterocycles. The molecule has 0 saturated heterocycles. The van der Waals surface area contributed by atoms with Crippen LogP contribution < -0.4 is 4.74 Å². The van der Waals surface area contributed by atoms with Crippen molar-refractivity contribution in [1.82, 2.24) is 0 Å². The van der Waals surface area contributed by atoms with Crippen molar-refractivity contribution in [3.63, 3.8) is 0 Å². The number of non-ortho nitro benzene ring substituents is 1. The third kappa shape index (κ3) is 2.85. The first-order chi connectivity index (χ1) is 8.69. The molecule has 4 heteroatoms. The minimum Gasteiger partial charge on any atom is -0.497 e. The molecule has 0 aromatic heterocycles. The summed E-state index contributed by atoms with van der Waals surface area (Å²) < 4.78 is 5.07. The Hall–Kier alpha value is -2.36. The molecule has 0 N–H and O–H groups in total. The fourth-order valence-corrected chi connectivity index (χ4v) is 1.58. The molecule has 0 bridgehead atoms. The largest absolute Gasteiger partial charge is 0.497 e. The van der Waals surface area contributed by atoms with E-state index < -0.39 is 4.92 Å². The van der Waals surface area contributed by atoms with Gasteiger partial charge in [0.25, 0.3) is 5.69 Å². The van der Waals surface area contributed by atoms with Gasteiger partial charge in [0.15, 0.2) is 0 Å². The molecule has 91 valence electrons. The molecule has 0 spiro atoms. The summed E-state index contributed by atoms with van der Waals surface area (Å²) in [6, 6.07) is 14.0. The second kappa shape index (κ2) is 5.31. The summed E-state index contributed by atoms with van der Waals surface area (Å²) in [5.74, 6) is 0.802. The van der Waals surface area contributed by atoms with Crippen molar-refractivity contribution in [3.05, 3.63) is 76.2 Å². The summed E-state index contributed by atoms with van der Waals surface area (Å²) >= 11 is 0. The fraction of sp³-hybridized carbons (Fsp3) is 0.0714. The van der Waals surface area contributed by atoms with Crippen molar-refractivity contribution in [2.45, 2.75) is 0 Å². The van der Waals surface area contributed by atoms with Gasteiger partial charge in [-0.15, -0.1) is 0 Å². The summed E-state index contributed by atoms with van der Waals surface area (Å²) in [6.45, 7) is 0. The van der Waals surface area contributed by atoms with Gasteiger partial charge < -0.3 is 4.74 Å². The van der Waals surface area contributed by atoms with Gasteiger partial charge in [0, 0.05) is 18.6 Å². The van der Waals surface area contributed by atoms with Crippen LogP contribution in [0, 0.1) is 16.5 Å². The first-order valence-electron chi connectivity index (χ1n) is 5.42. The Bertz CT molecular complexity index is 532. The Morgan fingerprint density at radius 1 is 1.00 bits per heavy atom. The lowest BCUT2D eigenvalue weighted by atomic mass is 10.0. The first kappa shape index (κ1) is 12.1. The van der Waals surface area contributed by atoms with Crippen LogP contribution in [0.15, 0.2) is 48.5 Å². The van der Waals surface area contributed by atoms with Gasteiger partial charge in [-0.3, -0.25) is 10.1 Å². The molecule has 2 aromatic carbocycles. The van der Waals surface area contributed by atoms with Crippen LogP contribution in [0.1, 0.15) is 11.1 Å². The maximum atomic E-state index is 10.5. The predicted octanol–water partition coefficient (Wildman–Crippen LogP) is 3.20. The van der Waals surface area contributed by atoms with Gasteiger partial charge in [-0.1, -0.05) is 24.3 Å². The predicted molar refractivity (Wildman–Crippen MR) is 68.6 cm³/mol. The Morgan fingerprint density at radius 3 is 1.94 bits per heavy atom. The van der Waals surface area contributed by atoms with Crippen LogP contribution in [-0.4, -0.2) is 12.0 Å². The zero-order valence-electron chi connectivity index (χ0n) is 9.87. The molecule has 0 saturated carbocycles. The summed E-state index contributed by atoms with van der Waals surface area (Å²) in [6.07, 6.45) is 1.95. The molecule has 0 amide bonds. The number of methoxy groups -OCH3 is 1. The van der Waals surface area contributed by atoms with Crippen LogP contribution in [0.5, 0.6) is 5.75 Å². The van der Waals surface area contributed by atoms with E-state index in [4.69, 9.17) is 4.74 Å². The van der Waals surface area contributed by atoms with Gasteiger partial charge >= 0.3 is 0 Å². The van der Waals surface area contributed by atoms with Crippen molar-refractivity contribution in [2.24, 2.45) is 0 Å². The summed E-state index contributed by atoms with van der Waals surface area (Å²) in [5.41, 5.74) is 2.04. The van der Waals surface area contributed by atoms with Crippen molar-refractivity contribution in [2.75, 3.05) is 7.11 Å². The van der Waals surface area contributed by atoms with Crippen molar-refractivity contribution >= 4 is 5.69 Å². The van der Waals surface area contributed by atoms with Gasteiger partial charge in [0.05, 0.1) is 12.0 Å². The Labute approximate surface area is 105 Å². The monoisotopic (exact) mass is 242 g/mol. The molecule has 0 fully saturated rings. The van der Waals surface area contributed by atoms with Crippen LogP contribution in [0.2, 0.25) is 0 Å². The number of nitro groups is 1. The quantitative estimate of drug-likeness (QED) is 0.611. The van der Waals surface area contributed by atoms with E-state index in [1.54, 1.807) is 19.2 Å². The van der Waals surface area contributed by atoms with Crippen LogP contribution in [0.3, 0.4) is 0 Å². The van der Waals surface area contributed by atoms with Crippen molar-refractivity contribution in [3.8, 4) is 5.75 Å². The molecule has 4 nitrogen and oxygen atoms in total. The molecular formula is C14H12NO3. The smallest absolute Gasteiger partial charge is 0.269 e. The van der Waals surface area contributed by atoms with Crippen LogP contribution in [0.4, 0.5) is 5.69 Å². The highest BCUT2D eigenvalue weighted by Gasteiger charge is 2.04. The molecule has 0 aliphatic heterocycles. The van der Waals surface area contributed by atoms with Crippen molar-refractivity contribution < 1.29 is 9.66 Å². The molecule has 0 aliphatic rings. The number of ether oxygens (including phenoxy) is 1. The molecule has 0 atom stereocenters. The average molecular weight is 242 g/mol. The van der Waals surface area contributed by atoms with E-state index in [1.165, 1.54) is 12.1 Å². The lowest BCUT2D eigenvalue weighted by Gasteiger charge is -2.03. The Morgan fingerprint density at radius 2 is 1.50 bits per heavy atom. The molecule has 0 unspecified atom stereocenters. The fourth-order valence-electron chi connectivity index (χ4n) is 1.58. The maximum absolute atomic E-state index is 10.5. The highest BCUT2D eigenvalue weighted by atomic mass is 16.6. The van der Waals surface area contributed by atoms with E-state index in [-0.39, 0.29) is 5.69 Å². The Balaban J connectivity index is 2.10. The standard InChI is InChI=1S/C14H12NO3/c1-18-14-8-4-12(5-9-14)10-11-2-6-13(7-3-11)15(16)17/h2-10H,1H3. The van der Waals surface area contributed by atoms with E-state index in [2.05, 4.69) is 0 Å². The third-order valence-electron chi connectivity index (χ3n) is 2.55. The third-order valence-corrected chi connectivity index (χ3v) is 2.55. The lowest BCUT2D eigenvalue weighted by Crippen LogP contribution is -1.89. The highest BCUT2D eigenvalue weighted by molar-refractivity contribution is 5.42. The van der Waals surface area contributed by atoms with E-state index >= 15 is 0 Å². The number of hydrogen-bond donors (Lipinski definition) is 0. The van der Waals surface area contributed by atoms with Crippen molar-refractivity contribution in [1.29, 1.82) is 0 Å². The lowest BCUT2D eigenvalue weighted by molar-refractivity contribution is -0.384. The summed E-state index contributed by atoms with van der Waals surface area (Å²) in [7, 11) is 1.62. The molecule has 0 aliphatic carbocycles. The average Bonchev–Trinajstić information content (AvgIpc) is 2.40. The normalized spacial score (nSPS) is 10.1. The van der Waals surface area contributed by atoms with Gasteiger partial charge in [0.2, 0.25) is 0 Å². The SMILES string of the molecule is COc1ccc([CH]c2ccc([N+](=O)[O-])cc2)cc1. The van der Waals surface area contributed by atoms with E-state index in [0.29, 0.717) is 0 Å². The summed E-state index contributed by atoms with van der Waals surface area (Å²) in [4.78, 5) is 10.1. The number of benzene rings is 2. The maximum Gasteiger partial charge on any atom is 0.269 e. The molecule has 18 heavy (non-hydrogen) atoms. The number of rotatable bonds is 4. The van der Waals surface area contributed by atoms with Crippen LogP contribution >= 0.6 is 0 Å². The Kier molecular flexibility index (Phi) is 3.57. The second-order valence-electron chi connectivity index (χ2n) is 3.77. The molecule has 2 aromatic rings. The number of nitrogens with zero attached hydrogens (tertiary/aromatic N) is 1. The number of hydrogen-bond acceptors (Lipinski definition) is 3. The minimum absolute atomic E-state index is 0.0990. The summed E-state index contributed by atoms with van der Waals surface area (Å²) in [5, 5.41) is 10.5. The van der Waals surface area contributed by atoms with Crippen LogP contribution in [0.25, 0.3) is 0 Å². The first-order valence-corrected chi connectivity index (χ1v) is 5.42.